The van der Waals surface area contributed by atoms with Crippen molar-refractivity contribution >= 4 is 21.8 Å². The molecule has 0 spiro atoms. The average molecular weight is 475 g/mol. The van der Waals surface area contributed by atoms with E-state index in [4.69, 9.17) is 11.2 Å². The molecular weight excluding hydrogens is 451 g/mol. The summed E-state index contributed by atoms with van der Waals surface area (Å²) in [5.41, 5.74) is 3.22. The summed E-state index contributed by atoms with van der Waals surface area (Å²) >= 11 is 0. The minimum atomic E-state index is -4.30. The van der Waals surface area contributed by atoms with Crippen LogP contribution in [0.2, 0.25) is 0 Å². The Labute approximate surface area is 191 Å². The lowest BCUT2D eigenvalue weighted by Crippen LogP contribution is -2.42. The number of sulfonamides is 1. The van der Waals surface area contributed by atoms with Crippen molar-refractivity contribution in [3.05, 3.63) is 59.2 Å². The normalized spacial score (nSPS) is 14.5. The van der Waals surface area contributed by atoms with E-state index in [0.717, 1.165) is 12.1 Å². The van der Waals surface area contributed by atoms with E-state index in [1.54, 1.807) is 17.9 Å². The highest BCUT2D eigenvalue weighted by molar-refractivity contribution is 7.89. The zero-order chi connectivity index (χ0) is 24.0. The Bertz CT molecular complexity index is 1190. The van der Waals surface area contributed by atoms with E-state index in [0.29, 0.717) is 37.2 Å². The highest BCUT2D eigenvalue weighted by Crippen LogP contribution is 2.17. The minimum absolute atomic E-state index is 0.0285. The van der Waals surface area contributed by atoms with Crippen LogP contribution >= 0.6 is 0 Å². The third-order valence-electron chi connectivity index (χ3n) is 5.01. The van der Waals surface area contributed by atoms with Crippen LogP contribution in [0.1, 0.15) is 34.6 Å². The van der Waals surface area contributed by atoms with Crippen molar-refractivity contribution in [3.63, 3.8) is 0 Å². The van der Waals surface area contributed by atoms with Gasteiger partial charge in [-0.05, 0) is 55.5 Å². The molecular formula is C22H23FN4O5S. The third kappa shape index (κ3) is 6.35. The van der Waals surface area contributed by atoms with Gasteiger partial charge < -0.3 is 9.64 Å². The van der Waals surface area contributed by atoms with Gasteiger partial charge in [-0.15, -0.1) is 11.3 Å². The first kappa shape index (κ1) is 24.3. The number of aryl methyl sites for hydroxylation is 1. The second-order valence-electron chi connectivity index (χ2n) is 7.44. The largest absolute Gasteiger partial charge is 0.373 e. The van der Waals surface area contributed by atoms with Gasteiger partial charge in [0.2, 0.25) is 0 Å². The summed E-state index contributed by atoms with van der Waals surface area (Å²) < 4.78 is 44.2. The number of hydrogen-bond donors (Lipinski definition) is 2. The first-order valence-electron chi connectivity index (χ1n) is 10.1. The molecule has 1 saturated heterocycles. The van der Waals surface area contributed by atoms with E-state index in [1.807, 2.05) is 10.3 Å². The maximum Gasteiger partial charge on any atom is 0.298 e. The van der Waals surface area contributed by atoms with E-state index in [-0.39, 0.29) is 24.3 Å². The monoisotopic (exact) mass is 474 g/mol. The fraction of sp³-hybridized carbons (Fsp3) is 0.318. The number of aromatic nitrogens is 1. The highest BCUT2D eigenvalue weighted by Gasteiger charge is 2.23. The van der Waals surface area contributed by atoms with Crippen LogP contribution in [-0.2, 0) is 26.2 Å². The molecule has 1 aliphatic heterocycles. The molecule has 11 heteroatoms. The van der Waals surface area contributed by atoms with Crippen LogP contribution < -0.4 is 10.3 Å². The van der Waals surface area contributed by atoms with Crippen molar-refractivity contribution in [3.8, 4) is 12.3 Å². The summed E-state index contributed by atoms with van der Waals surface area (Å²) in [5, 5.41) is 0. The Kier molecular flexibility index (Phi) is 7.75. The number of ether oxygens (including phenoxy) is 1. The number of carbonyl (C=O) groups is 2. The number of pyridine rings is 1. The summed E-state index contributed by atoms with van der Waals surface area (Å²) in [6, 6.07) is 8.03. The van der Waals surface area contributed by atoms with E-state index in [2.05, 4.69) is 10.9 Å². The van der Waals surface area contributed by atoms with E-state index in [9.17, 15) is 22.4 Å². The number of hydrogen-bond acceptors (Lipinski definition) is 6. The molecule has 2 N–H and O–H groups in total. The Morgan fingerprint density at radius 2 is 1.97 bits per heavy atom. The van der Waals surface area contributed by atoms with Gasteiger partial charge in [0.05, 0.1) is 12.7 Å². The molecule has 3 rings (SSSR count). The van der Waals surface area contributed by atoms with Crippen LogP contribution in [0.5, 0.6) is 0 Å². The van der Waals surface area contributed by atoms with Crippen molar-refractivity contribution in [2.45, 2.75) is 37.4 Å². The third-order valence-corrected chi connectivity index (χ3v) is 6.29. The summed E-state index contributed by atoms with van der Waals surface area (Å²) in [6.45, 7) is 2.92. The Morgan fingerprint density at radius 1 is 1.27 bits per heavy atom. The lowest BCUT2D eigenvalue weighted by molar-refractivity contribution is -0.127. The average Bonchev–Trinajstić information content (AvgIpc) is 2.81. The number of benzene rings is 1. The van der Waals surface area contributed by atoms with E-state index < -0.39 is 26.6 Å². The number of rotatable bonds is 7. The van der Waals surface area contributed by atoms with Crippen molar-refractivity contribution in [1.82, 2.24) is 20.1 Å². The molecule has 33 heavy (non-hydrogen) atoms. The second kappa shape index (κ2) is 10.5. The summed E-state index contributed by atoms with van der Waals surface area (Å²) in [6.07, 6.45) is 6.36. The summed E-state index contributed by atoms with van der Waals surface area (Å²) in [5.74, 6) is 0.0208. The SMILES string of the molecule is C#CC(=O)N1CCC(OCc2cc(C)nc(C(=O)NNS(=O)(=O)c3ccccc3F)c2)CC1. The Morgan fingerprint density at radius 3 is 2.64 bits per heavy atom. The van der Waals surface area contributed by atoms with Crippen LogP contribution in [0, 0.1) is 25.1 Å². The zero-order valence-electron chi connectivity index (χ0n) is 17.9. The number of nitrogens with one attached hydrogen (secondary N) is 2. The molecule has 1 aromatic heterocycles. The minimum Gasteiger partial charge on any atom is -0.373 e. The fourth-order valence-electron chi connectivity index (χ4n) is 3.37. The first-order valence-corrected chi connectivity index (χ1v) is 11.6. The molecule has 174 valence electrons. The molecule has 1 aliphatic rings. The number of likely N-dealkylation sites (tertiary alicyclic amines) is 1. The van der Waals surface area contributed by atoms with Gasteiger partial charge >= 0.3 is 0 Å². The molecule has 2 heterocycles. The number of piperidine rings is 1. The van der Waals surface area contributed by atoms with Gasteiger partial charge in [0.25, 0.3) is 21.8 Å². The molecule has 9 nitrogen and oxygen atoms in total. The van der Waals surface area contributed by atoms with Crippen LogP contribution in [-0.4, -0.2) is 49.3 Å². The lowest BCUT2D eigenvalue weighted by atomic mass is 10.1. The molecule has 2 aromatic rings. The Balaban J connectivity index is 1.58. The quantitative estimate of drug-likeness (QED) is 0.461. The van der Waals surface area contributed by atoms with Crippen LogP contribution in [0.3, 0.4) is 0 Å². The van der Waals surface area contributed by atoms with Gasteiger partial charge in [-0.25, -0.2) is 17.8 Å². The fourth-order valence-corrected chi connectivity index (χ4v) is 4.29. The van der Waals surface area contributed by atoms with E-state index >= 15 is 0 Å². The standard InChI is InChI=1S/C22H23FN4O5S/c1-3-21(28)27-10-8-17(9-11-27)32-14-16-12-15(2)24-19(13-16)22(29)25-26-33(30,31)20-7-5-4-6-18(20)23/h1,4-7,12-13,17,26H,8-11,14H2,2H3,(H,25,29). The molecule has 1 aromatic carbocycles. The number of carbonyl (C=O) groups excluding carboxylic acids is 2. The van der Waals surface area contributed by atoms with Crippen molar-refractivity contribution in [2.75, 3.05) is 13.1 Å². The summed E-state index contributed by atoms with van der Waals surface area (Å²) in [7, 11) is -4.30. The molecule has 0 atom stereocenters. The molecule has 0 saturated carbocycles. The van der Waals surface area contributed by atoms with Gasteiger partial charge in [-0.2, -0.15) is 0 Å². The van der Waals surface area contributed by atoms with Gasteiger partial charge in [0.1, 0.15) is 16.4 Å². The molecule has 1 fully saturated rings. The van der Waals surface area contributed by atoms with Gasteiger partial charge in [-0.3, -0.25) is 15.0 Å². The maximum absolute atomic E-state index is 13.8. The van der Waals surface area contributed by atoms with Gasteiger partial charge in [0.15, 0.2) is 0 Å². The van der Waals surface area contributed by atoms with Crippen molar-refractivity contribution in [2.24, 2.45) is 0 Å². The summed E-state index contributed by atoms with van der Waals surface area (Å²) in [4.78, 5) is 31.0. The topological polar surface area (TPSA) is 118 Å². The number of halogens is 1. The zero-order valence-corrected chi connectivity index (χ0v) is 18.7. The van der Waals surface area contributed by atoms with Crippen LogP contribution in [0.4, 0.5) is 4.39 Å². The maximum atomic E-state index is 13.8. The highest BCUT2D eigenvalue weighted by atomic mass is 32.2. The van der Waals surface area contributed by atoms with Crippen LogP contribution in [0.25, 0.3) is 0 Å². The second-order valence-corrected chi connectivity index (χ2v) is 9.09. The molecule has 0 aliphatic carbocycles. The van der Waals surface area contributed by atoms with E-state index in [1.165, 1.54) is 18.2 Å². The number of amides is 2. The molecule has 2 amide bonds. The number of nitrogens with zero attached hydrogens (tertiary/aromatic N) is 2. The van der Waals surface area contributed by atoms with Crippen molar-refractivity contribution in [1.29, 1.82) is 0 Å². The lowest BCUT2D eigenvalue weighted by Gasteiger charge is -2.30. The van der Waals surface area contributed by atoms with Gasteiger partial charge in [-0.1, -0.05) is 12.1 Å². The predicted molar refractivity (Wildman–Crippen MR) is 116 cm³/mol. The molecule has 0 unspecified atom stereocenters. The first-order chi connectivity index (χ1) is 15.7. The smallest absolute Gasteiger partial charge is 0.298 e. The van der Waals surface area contributed by atoms with Crippen molar-refractivity contribution < 1.29 is 27.1 Å². The number of hydrazine groups is 1. The Hall–Kier alpha value is -3.33. The van der Waals surface area contributed by atoms with Gasteiger partial charge in [0, 0.05) is 18.8 Å². The molecule has 0 radical (unpaired) electrons. The molecule has 0 bridgehead atoms. The number of terminal acetylenes is 1. The predicted octanol–water partition coefficient (Wildman–Crippen LogP) is 1.29. The van der Waals surface area contributed by atoms with Crippen LogP contribution in [0.15, 0.2) is 41.3 Å².